The third-order valence-electron chi connectivity index (χ3n) is 3.86. The predicted octanol–water partition coefficient (Wildman–Crippen LogP) is 3.62. The Morgan fingerprint density at radius 3 is 2.46 bits per heavy atom. The Balaban J connectivity index is 1.85. The van der Waals surface area contributed by atoms with E-state index in [4.69, 9.17) is 10.5 Å². The highest BCUT2D eigenvalue weighted by molar-refractivity contribution is 7.91. The van der Waals surface area contributed by atoms with Gasteiger partial charge in [0, 0.05) is 34.7 Å². The monoisotopic (exact) mass is 366 g/mol. The summed E-state index contributed by atoms with van der Waals surface area (Å²) in [6.07, 6.45) is 4.77. The SMILES string of the molecule is CS(=N)(=O)c1ccc(C(=O)Nc2cc(-c3cccnc3)ccc2N)cc1. The second-order valence-electron chi connectivity index (χ2n) is 5.87. The molecule has 0 aliphatic rings. The fourth-order valence-electron chi connectivity index (χ4n) is 2.44. The molecule has 1 amide bonds. The van der Waals surface area contributed by atoms with Gasteiger partial charge in [-0.1, -0.05) is 12.1 Å². The van der Waals surface area contributed by atoms with E-state index < -0.39 is 9.73 Å². The van der Waals surface area contributed by atoms with Crippen molar-refractivity contribution in [2.24, 2.45) is 0 Å². The lowest BCUT2D eigenvalue weighted by atomic mass is 10.1. The number of nitrogen functional groups attached to an aromatic ring is 1. The maximum Gasteiger partial charge on any atom is 0.255 e. The largest absolute Gasteiger partial charge is 0.397 e. The van der Waals surface area contributed by atoms with Gasteiger partial charge in [-0.15, -0.1) is 0 Å². The van der Waals surface area contributed by atoms with Crippen molar-refractivity contribution in [2.75, 3.05) is 17.3 Å². The number of hydrogen-bond acceptors (Lipinski definition) is 5. The van der Waals surface area contributed by atoms with Crippen LogP contribution in [0.4, 0.5) is 11.4 Å². The van der Waals surface area contributed by atoms with Crippen LogP contribution in [-0.4, -0.2) is 21.4 Å². The van der Waals surface area contributed by atoms with Gasteiger partial charge >= 0.3 is 0 Å². The highest BCUT2D eigenvalue weighted by Crippen LogP contribution is 2.27. The molecular weight excluding hydrogens is 348 g/mol. The molecule has 4 N–H and O–H groups in total. The number of amides is 1. The van der Waals surface area contributed by atoms with Crippen LogP contribution in [0.3, 0.4) is 0 Å². The average Bonchev–Trinajstić information content (AvgIpc) is 2.63. The van der Waals surface area contributed by atoms with E-state index in [2.05, 4.69) is 10.3 Å². The van der Waals surface area contributed by atoms with Crippen LogP contribution in [0.15, 0.2) is 71.9 Å². The maximum absolute atomic E-state index is 12.5. The van der Waals surface area contributed by atoms with Gasteiger partial charge in [0.1, 0.15) is 0 Å². The van der Waals surface area contributed by atoms with Crippen LogP contribution in [0, 0.1) is 4.78 Å². The Hall–Kier alpha value is -3.19. The molecule has 2 aromatic carbocycles. The van der Waals surface area contributed by atoms with Gasteiger partial charge in [0.25, 0.3) is 5.91 Å². The molecule has 0 spiro atoms. The number of carbonyl (C=O) groups is 1. The number of benzene rings is 2. The van der Waals surface area contributed by atoms with Crippen LogP contribution in [0.2, 0.25) is 0 Å². The molecule has 3 rings (SSSR count). The normalized spacial score (nSPS) is 13.0. The van der Waals surface area contributed by atoms with Crippen molar-refractivity contribution in [2.45, 2.75) is 4.90 Å². The molecule has 0 bridgehead atoms. The van der Waals surface area contributed by atoms with Crippen LogP contribution in [0.5, 0.6) is 0 Å². The summed E-state index contributed by atoms with van der Waals surface area (Å²) in [7, 11) is -2.80. The fourth-order valence-corrected chi connectivity index (χ4v) is 3.09. The molecule has 1 aromatic heterocycles. The van der Waals surface area contributed by atoms with Crippen LogP contribution in [-0.2, 0) is 9.73 Å². The van der Waals surface area contributed by atoms with Gasteiger partial charge in [0.2, 0.25) is 0 Å². The maximum atomic E-state index is 12.5. The number of nitrogens with zero attached hydrogens (tertiary/aromatic N) is 1. The van der Waals surface area contributed by atoms with Crippen molar-refractivity contribution >= 4 is 27.0 Å². The standard InChI is InChI=1S/C19H18N4O2S/c1-26(21,25)16-7-4-13(5-8-16)19(24)23-18-11-14(6-9-17(18)20)15-3-2-10-22-12-15/h2-12,21H,20H2,1H3,(H,23,24). The Morgan fingerprint density at radius 1 is 1.12 bits per heavy atom. The van der Waals surface area contributed by atoms with E-state index in [-0.39, 0.29) is 5.91 Å². The summed E-state index contributed by atoms with van der Waals surface area (Å²) < 4.78 is 19.3. The first-order chi connectivity index (χ1) is 12.3. The molecule has 1 atom stereocenters. The van der Waals surface area contributed by atoms with Crippen LogP contribution in [0.25, 0.3) is 11.1 Å². The van der Waals surface area contributed by atoms with Crippen molar-refractivity contribution in [3.8, 4) is 11.1 Å². The van der Waals surface area contributed by atoms with E-state index in [9.17, 15) is 9.00 Å². The highest BCUT2D eigenvalue weighted by Gasteiger charge is 2.11. The van der Waals surface area contributed by atoms with Crippen molar-refractivity contribution < 1.29 is 9.00 Å². The van der Waals surface area contributed by atoms with E-state index in [0.717, 1.165) is 11.1 Å². The van der Waals surface area contributed by atoms with E-state index in [1.165, 1.54) is 18.4 Å². The number of nitrogens with two attached hydrogens (primary N) is 1. The van der Waals surface area contributed by atoms with Gasteiger partial charge in [-0.05, 0) is 48.0 Å². The first-order valence-corrected chi connectivity index (χ1v) is 9.76. The minimum Gasteiger partial charge on any atom is -0.397 e. The quantitative estimate of drug-likeness (QED) is 0.613. The zero-order valence-electron chi connectivity index (χ0n) is 14.1. The van der Waals surface area contributed by atoms with Crippen LogP contribution < -0.4 is 11.1 Å². The molecule has 0 aliphatic heterocycles. The van der Waals surface area contributed by atoms with E-state index in [1.807, 2.05) is 18.2 Å². The van der Waals surface area contributed by atoms with Crippen molar-refractivity contribution in [3.05, 3.63) is 72.6 Å². The van der Waals surface area contributed by atoms with Gasteiger partial charge in [-0.3, -0.25) is 9.78 Å². The molecule has 1 unspecified atom stereocenters. The molecule has 26 heavy (non-hydrogen) atoms. The van der Waals surface area contributed by atoms with Gasteiger partial charge in [0.05, 0.1) is 21.1 Å². The Morgan fingerprint density at radius 2 is 1.85 bits per heavy atom. The molecule has 0 saturated carbocycles. The fraction of sp³-hybridized carbons (Fsp3) is 0.0526. The first-order valence-electron chi connectivity index (χ1n) is 7.80. The lowest BCUT2D eigenvalue weighted by molar-refractivity contribution is 0.102. The lowest BCUT2D eigenvalue weighted by Gasteiger charge is -2.11. The first kappa shape index (κ1) is 17.6. The van der Waals surface area contributed by atoms with E-state index >= 15 is 0 Å². The number of nitrogens with one attached hydrogen (secondary N) is 2. The Bertz CT molecular complexity index is 1050. The van der Waals surface area contributed by atoms with Gasteiger partial charge in [-0.2, -0.15) is 0 Å². The number of pyridine rings is 1. The Labute approximate surface area is 152 Å². The third kappa shape index (κ3) is 3.89. The summed E-state index contributed by atoms with van der Waals surface area (Å²) in [6.45, 7) is 0. The van der Waals surface area contributed by atoms with Gasteiger partial charge in [0.15, 0.2) is 0 Å². The molecule has 0 aliphatic carbocycles. The minimum atomic E-state index is -2.80. The molecule has 3 aromatic rings. The molecule has 7 heteroatoms. The summed E-state index contributed by atoms with van der Waals surface area (Å²) >= 11 is 0. The summed E-state index contributed by atoms with van der Waals surface area (Å²) in [5, 5.41) is 2.79. The number of aromatic nitrogens is 1. The minimum absolute atomic E-state index is 0.334. The average molecular weight is 366 g/mol. The molecule has 0 radical (unpaired) electrons. The Kier molecular flexibility index (Phi) is 4.73. The topological polar surface area (TPSA) is 109 Å². The third-order valence-corrected chi connectivity index (χ3v) is 5.03. The zero-order valence-corrected chi connectivity index (χ0v) is 14.9. The second kappa shape index (κ2) is 6.97. The predicted molar refractivity (Wildman–Crippen MR) is 104 cm³/mol. The van der Waals surface area contributed by atoms with Crippen molar-refractivity contribution in [1.29, 1.82) is 4.78 Å². The summed E-state index contributed by atoms with van der Waals surface area (Å²) in [5.41, 5.74) is 9.13. The smallest absolute Gasteiger partial charge is 0.255 e. The summed E-state index contributed by atoms with van der Waals surface area (Å²) in [5.74, 6) is -0.334. The number of carbonyl (C=O) groups excluding carboxylic acids is 1. The van der Waals surface area contributed by atoms with Gasteiger partial charge in [-0.25, -0.2) is 8.99 Å². The van der Waals surface area contributed by atoms with E-state index in [0.29, 0.717) is 21.8 Å². The van der Waals surface area contributed by atoms with E-state index in [1.54, 1.807) is 36.7 Å². The van der Waals surface area contributed by atoms with Crippen LogP contribution >= 0.6 is 0 Å². The van der Waals surface area contributed by atoms with Crippen molar-refractivity contribution in [3.63, 3.8) is 0 Å². The molecule has 6 nitrogen and oxygen atoms in total. The number of hydrogen-bond donors (Lipinski definition) is 3. The molecular formula is C19H18N4O2S. The molecule has 0 fully saturated rings. The van der Waals surface area contributed by atoms with Crippen LogP contribution in [0.1, 0.15) is 10.4 Å². The summed E-state index contributed by atoms with van der Waals surface area (Å²) in [4.78, 5) is 17.0. The number of rotatable bonds is 4. The zero-order chi connectivity index (χ0) is 18.7. The van der Waals surface area contributed by atoms with Gasteiger partial charge < -0.3 is 11.1 Å². The lowest BCUT2D eigenvalue weighted by Crippen LogP contribution is -2.13. The second-order valence-corrected chi connectivity index (χ2v) is 8.02. The summed E-state index contributed by atoms with van der Waals surface area (Å²) in [6, 6.07) is 15.3. The molecule has 0 saturated heterocycles. The number of anilines is 2. The highest BCUT2D eigenvalue weighted by atomic mass is 32.2. The molecule has 1 heterocycles. The molecule has 132 valence electrons. The van der Waals surface area contributed by atoms with Crippen molar-refractivity contribution in [1.82, 2.24) is 4.98 Å².